The predicted molar refractivity (Wildman–Crippen MR) is 92.1 cm³/mol. The number of benzene rings is 2. The molecule has 0 unspecified atom stereocenters. The van der Waals surface area contributed by atoms with Gasteiger partial charge in [-0.3, -0.25) is 9.59 Å². The van der Waals surface area contributed by atoms with Crippen LogP contribution in [0.3, 0.4) is 0 Å². The van der Waals surface area contributed by atoms with E-state index < -0.39 is 11.7 Å². The molecule has 0 aliphatic carbocycles. The molecule has 1 aliphatic heterocycles. The lowest BCUT2D eigenvalue weighted by Crippen LogP contribution is -2.31. The lowest BCUT2D eigenvalue weighted by Gasteiger charge is -2.16. The van der Waals surface area contributed by atoms with Crippen LogP contribution in [-0.2, 0) is 4.79 Å². The molecule has 0 saturated carbocycles. The number of anilines is 1. The summed E-state index contributed by atoms with van der Waals surface area (Å²) in [6.45, 7) is 2.98. The van der Waals surface area contributed by atoms with Crippen molar-refractivity contribution in [3.63, 3.8) is 0 Å². The van der Waals surface area contributed by atoms with Crippen LogP contribution in [0.15, 0.2) is 46.9 Å². The van der Waals surface area contributed by atoms with Crippen LogP contribution in [0.1, 0.15) is 22.3 Å². The Morgan fingerprint density at radius 3 is 2.57 bits per heavy atom. The number of amides is 1. The zero-order valence-electron chi connectivity index (χ0n) is 12.7. The van der Waals surface area contributed by atoms with Gasteiger partial charge in [0.1, 0.15) is 5.75 Å². The van der Waals surface area contributed by atoms with Crippen LogP contribution in [-0.4, -0.2) is 24.8 Å². The van der Waals surface area contributed by atoms with Gasteiger partial charge in [-0.1, -0.05) is 33.6 Å². The first-order valence-corrected chi connectivity index (χ1v) is 8.21. The smallest absolute Gasteiger partial charge is 0.299 e. The third kappa shape index (κ3) is 3.29. The SMILES string of the molecule is Cc1ccc(OCCCN2C(=O)C(=O)c3cc(Br)ccc32)cc1. The summed E-state index contributed by atoms with van der Waals surface area (Å²) in [4.78, 5) is 25.6. The van der Waals surface area contributed by atoms with Crippen LogP contribution in [0.2, 0.25) is 0 Å². The Morgan fingerprint density at radius 1 is 1.09 bits per heavy atom. The first kappa shape index (κ1) is 15.7. The molecule has 2 aromatic rings. The molecule has 0 radical (unpaired) electrons. The number of carbonyl (C=O) groups excluding carboxylic acids is 2. The average Bonchev–Trinajstić information content (AvgIpc) is 2.77. The Balaban J connectivity index is 1.59. The quantitative estimate of drug-likeness (QED) is 0.592. The molecule has 0 aromatic heterocycles. The van der Waals surface area contributed by atoms with Crippen molar-refractivity contribution in [3.05, 3.63) is 58.1 Å². The molecule has 0 N–H and O–H groups in total. The van der Waals surface area contributed by atoms with Gasteiger partial charge < -0.3 is 9.64 Å². The van der Waals surface area contributed by atoms with Crippen molar-refractivity contribution in [1.82, 2.24) is 0 Å². The molecule has 5 heteroatoms. The van der Waals surface area contributed by atoms with E-state index in [1.54, 1.807) is 12.1 Å². The van der Waals surface area contributed by atoms with Gasteiger partial charge in [-0.2, -0.15) is 0 Å². The molecule has 23 heavy (non-hydrogen) atoms. The number of hydrogen-bond donors (Lipinski definition) is 0. The lowest BCUT2D eigenvalue weighted by atomic mass is 10.1. The van der Waals surface area contributed by atoms with Crippen LogP contribution in [0.4, 0.5) is 5.69 Å². The van der Waals surface area contributed by atoms with Crippen LogP contribution in [0.5, 0.6) is 5.75 Å². The largest absolute Gasteiger partial charge is 0.494 e. The second-order valence-corrected chi connectivity index (χ2v) is 6.38. The topological polar surface area (TPSA) is 46.6 Å². The maximum Gasteiger partial charge on any atom is 0.299 e. The third-order valence-electron chi connectivity index (χ3n) is 3.75. The molecular weight excluding hydrogens is 358 g/mol. The van der Waals surface area contributed by atoms with Gasteiger partial charge in [0.25, 0.3) is 11.7 Å². The molecule has 3 rings (SSSR count). The first-order chi connectivity index (χ1) is 11.1. The summed E-state index contributed by atoms with van der Waals surface area (Å²) >= 11 is 3.32. The third-order valence-corrected chi connectivity index (χ3v) is 4.24. The van der Waals surface area contributed by atoms with E-state index in [-0.39, 0.29) is 0 Å². The van der Waals surface area contributed by atoms with Gasteiger partial charge in [-0.05, 0) is 43.7 Å². The number of halogens is 1. The second-order valence-electron chi connectivity index (χ2n) is 5.46. The molecule has 1 heterocycles. The highest BCUT2D eigenvalue weighted by Gasteiger charge is 2.35. The van der Waals surface area contributed by atoms with Gasteiger partial charge in [0.2, 0.25) is 0 Å². The summed E-state index contributed by atoms with van der Waals surface area (Å²) in [5.41, 5.74) is 2.32. The highest BCUT2D eigenvalue weighted by molar-refractivity contribution is 9.10. The van der Waals surface area contributed by atoms with Gasteiger partial charge in [0.15, 0.2) is 0 Å². The monoisotopic (exact) mass is 373 g/mol. The van der Waals surface area contributed by atoms with Crippen molar-refractivity contribution in [2.45, 2.75) is 13.3 Å². The normalized spacial score (nSPS) is 13.4. The minimum atomic E-state index is -0.464. The number of nitrogens with zero attached hydrogens (tertiary/aromatic N) is 1. The standard InChI is InChI=1S/C18H16BrNO3/c1-12-3-6-14(7-4-12)23-10-2-9-20-16-8-5-13(19)11-15(16)17(21)18(20)22/h3-8,11H,2,9-10H2,1H3. The Hall–Kier alpha value is -2.14. The number of ketones is 1. The van der Waals surface area contributed by atoms with Crippen LogP contribution >= 0.6 is 15.9 Å². The maximum absolute atomic E-state index is 12.1. The molecule has 2 aromatic carbocycles. The van der Waals surface area contributed by atoms with E-state index in [9.17, 15) is 9.59 Å². The number of aryl methyl sites for hydroxylation is 1. The summed E-state index contributed by atoms with van der Waals surface area (Å²) in [6, 6.07) is 13.2. The minimum Gasteiger partial charge on any atom is -0.494 e. The van der Waals surface area contributed by atoms with E-state index in [2.05, 4.69) is 15.9 Å². The maximum atomic E-state index is 12.1. The fourth-order valence-electron chi connectivity index (χ4n) is 2.54. The van der Waals surface area contributed by atoms with E-state index in [1.165, 1.54) is 10.5 Å². The van der Waals surface area contributed by atoms with Gasteiger partial charge >= 0.3 is 0 Å². The highest BCUT2D eigenvalue weighted by Crippen LogP contribution is 2.31. The van der Waals surface area contributed by atoms with E-state index in [1.807, 2.05) is 37.3 Å². The summed E-state index contributed by atoms with van der Waals surface area (Å²) in [6.07, 6.45) is 0.655. The Labute approximate surface area is 143 Å². The number of rotatable bonds is 5. The Kier molecular flexibility index (Phi) is 4.48. The van der Waals surface area contributed by atoms with Gasteiger partial charge in [0.05, 0.1) is 17.9 Å². The number of Topliss-reactive ketones (excluding diaryl/α,β-unsaturated/α-hetero) is 1. The first-order valence-electron chi connectivity index (χ1n) is 7.41. The molecule has 1 amide bonds. The van der Waals surface area contributed by atoms with Crippen molar-refractivity contribution in [2.24, 2.45) is 0 Å². The van der Waals surface area contributed by atoms with E-state index >= 15 is 0 Å². The molecule has 0 bridgehead atoms. The van der Waals surface area contributed by atoms with Crippen LogP contribution in [0.25, 0.3) is 0 Å². The molecule has 4 nitrogen and oxygen atoms in total. The van der Waals surface area contributed by atoms with Gasteiger partial charge in [0, 0.05) is 11.0 Å². The molecule has 1 aliphatic rings. The van der Waals surface area contributed by atoms with Crippen molar-refractivity contribution in [2.75, 3.05) is 18.1 Å². The number of fused-ring (bicyclic) bond motifs is 1. The highest BCUT2D eigenvalue weighted by atomic mass is 79.9. The summed E-state index contributed by atoms with van der Waals surface area (Å²) < 4.78 is 6.45. The Bertz CT molecular complexity index is 755. The van der Waals surface area contributed by atoms with Gasteiger partial charge in [-0.15, -0.1) is 0 Å². The average molecular weight is 374 g/mol. The molecular formula is C18H16BrNO3. The fourth-order valence-corrected chi connectivity index (χ4v) is 2.90. The number of hydrogen-bond acceptors (Lipinski definition) is 3. The van der Waals surface area contributed by atoms with Crippen molar-refractivity contribution >= 4 is 33.3 Å². The summed E-state index contributed by atoms with van der Waals surface area (Å²) in [5, 5.41) is 0. The number of ether oxygens (including phenoxy) is 1. The molecule has 0 spiro atoms. The zero-order valence-corrected chi connectivity index (χ0v) is 14.3. The summed E-state index contributed by atoms with van der Waals surface area (Å²) in [5.74, 6) is -0.0991. The lowest BCUT2D eigenvalue weighted by molar-refractivity contribution is -0.114. The van der Waals surface area contributed by atoms with Gasteiger partial charge in [-0.25, -0.2) is 0 Å². The fraction of sp³-hybridized carbons (Fsp3) is 0.222. The molecule has 0 saturated heterocycles. The molecule has 0 atom stereocenters. The zero-order chi connectivity index (χ0) is 16.4. The molecule has 118 valence electrons. The second kappa shape index (κ2) is 6.54. The predicted octanol–water partition coefficient (Wildman–Crippen LogP) is 3.76. The van der Waals surface area contributed by atoms with E-state index in [0.29, 0.717) is 30.8 Å². The van der Waals surface area contributed by atoms with E-state index in [0.717, 1.165) is 10.2 Å². The van der Waals surface area contributed by atoms with Crippen molar-refractivity contribution in [1.29, 1.82) is 0 Å². The van der Waals surface area contributed by atoms with Crippen molar-refractivity contribution < 1.29 is 14.3 Å². The molecule has 0 fully saturated rings. The number of carbonyl (C=O) groups is 2. The minimum absolute atomic E-state index is 0.444. The van der Waals surface area contributed by atoms with Crippen LogP contribution < -0.4 is 9.64 Å². The van der Waals surface area contributed by atoms with E-state index in [4.69, 9.17) is 4.74 Å². The van der Waals surface area contributed by atoms with Crippen molar-refractivity contribution in [3.8, 4) is 5.75 Å². The summed E-state index contributed by atoms with van der Waals surface area (Å²) in [7, 11) is 0. The van der Waals surface area contributed by atoms with Crippen LogP contribution in [0, 0.1) is 6.92 Å². The Morgan fingerprint density at radius 2 is 1.83 bits per heavy atom.